The van der Waals surface area contributed by atoms with Gasteiger partial charge in [-0.25, -0.2) is 4.79 Å². The number of carboxylic acid groups (broad SMARTS) is 1. The van der Waals surface area contributed by atoms with Crippen LogP contribution in [0.4, 0.5) is 10.5 Å². The van der Waals surface area contributed by atoms with E-state index in [9.17, 15) is 9.59 Å². The van der Waals surface area contributed by atoms with Crippen LogP contribution in [0, 0.1) is 5.92 Å². The van der Waals surface area contributed by atoms with E-state index in [2.05, 4.69) is 5.32 Å². The lowest BCUT2D eigenvalue weighted by molar-refractivity contribution is -0.135. The number of rotatable bonds is 5. The highest BCUT2D eigenvalue weighted by molar-refractivity contribution is 6.30. The summed E-state index contributed by atoms with van der Waals surface area (Å²) in [5, 5.41) is 12.1. The van der Waals surface area contributed by atoms with Gasteiger partial charge in [0.1, 0.15) is 6.54 Å². The van der Waals surface area contributed by atoms with Crippen LogP contribution in [0.1, 0.15) is 13.8 Å². The molecule has 2 N–H and O–H groups in total. The third-order valence-electron chi connectivity index (χ3n) is 2.34. The lowest BCUT2D eigenvalue weighted by Crippen LogP contribution is -2.44. The van der Waals surface area contributed by atoms with Gasteiger partial charge in [0.15, 0.2) is 0 Å². The molecule has 19 heavy (non-hydrogen) atoms. The summed E-state index contributed by atoms with van der Waals surface area (Å²) < 4.78 is 0. The van der Waals surface area contributed by atoms with Gasteiger partial charge in [0.2, 0.25) is 0 Å². The fourth-order valence-corrected chi connectivity index (χ4v) is 1.55. The van der Waals surface area contributed by atoms with E-state index in [0.29, 0.717) is 23.2 Å². The van der Waals surface area contributed by atoms with Crippen molar-refractivity contribution >= 4 is 29.3 Å². The monoisotopic (exact) mass is 284 g/mol. The van der Waals surface area contributed by atoms with E-state index in [-0.39, 0.29) is 0 Å². The number of carboxylic acids is 1. The Hall–Kier alpha value is -1.75. The second-order valence-corrected chi connectivity index (χ2v) is 4.97. The molecule has 0 unspecified atom stereocenters. The molecule has 5 nitrogen and oxygen atoms in total. The molecule has 0 saturated carbocycles. The number of hydrogen-bond acceptors (Lipinski definition) is 2. The number of carbonyl (C=O) groups excluding carboxylic acids is 1. The van der Waals surface area contributed by atoms with Crippen LogP contribution in [0.2, 0.25) is 5.02 Å². The van der Waals surface area contributed by atoms with Crippen molar-refractivity contribution in [3.05, 3.63) is 29.3 Å². The lowest BCUT2D eigenvalue weighted by atomic mass is 10.2. The van der Waals surface area contributed by atoms with E-state index in [0.717, 1.165) is 0 Å². The Morgan fingerprint density at radius 1 is 1.32 bits per heavy atom. The van der Waals surface area contributed by atoms with Crippen molar-refractivity contribution in [3.8, 4) is 0 Å². The number of urea groups is 1. The Kier molecular flexibility index (Phi) is 5.63. The summed E-state index contributed by atoms with van der Waals surface area (Å²) in [6.07, 6.45) is 0. The minimum absolute atomic E-state index is 0.292. The zero-order valence-corrected chi connectivity index (χ0v) is 11.6. The quantitative estimate of drug-likeness (QED) is 0.873. The molecule has 0 aromatic heterocycles. The molecule has 2 amide bonds. The normalized spacial score (nSPS) is 10.3. The third kappa shape index (κ3) is 5.18. The van der Waals surface area contributed by atoms with Gasteiger partial charge < -0.3 is 10.4 Å². The summed E-state index contributed by atoms with van der Waals surface area (Å²) in [5.41, 5.74) is 0.494. The summed E-state index contributed by atoms with van der Waals surface area (Å²) in [7, 11) is 0. The molecule has 104 valence electrons. The van der Waals surface area contributed by atoms with Gasteiger partial charge in [0, 0.05) is 17.3 Å². The number of benzene rings is 1. The average molecular weight is 285 g/mol. The zero-order chi connectivity index (χ0) is 14.4. The highest BCUT2D eigenvalue weighted by Crippen LogP contribution is 2.18. The molecule has 0 radical (unpaired) electrons. The number of anilines is 1. The van der Waals surface area contributed by atoms with Crippen LogP contribution in [-0.2, 0) is 4.79 Å². The van der Waals surface area contributed by atoms with E-state index < -0.39 is 18.5 Å². The van der Waals surface area contributed by atoms with Crippen molar-refractivity contribution in [1.29, 1.82) is 0 Å². The first-order valence-electron chi connectivity index (χ1n) is 5.93. The molecule has 1 rings (SSSR count). The Balaban J connectivity index is 2.84. The molecule has 0 aliphatic rings. The molecule has 0 aliphatic heterocycles. The van der Waals surface area contributed by atoms with Gasteiger partial charge >= 0.3 is 12.0 Å². The van der Waals surface area contributed by atoms with Crippen LogP contribution in [0.15, 0.2) is 24.3 Å². The number of aliphatic carboxylic acids is 1. The first-order valence-corrected chi connectivity index (χ1v) is 6.30. The van der Waals surface area contributed by atoms with Crippen molar-refractivity contribution in [2.45, 2.75) is 13.8 Å². The fraction of sp³-hybridized carbons (Fsp3) is 0.385. The first kappa shape index (κ1) is 15.3. The largest absolute Gasteiger partial charge is 0.480 e. The van der Waals surface area contributed by atoms with Gasteiger partial charge in [0.05, 0.1) is 0 Å². The van der Waals surface area contributed by atoms with E-state index >= 15 is 0 Å². The Morgan fingerprint density at radius 2 is 1.89 bits per heavy atom. The van der Waals surface area contributed by atoms with Crippen LogP contribution >= 0.6 is 11.6 Å². The maximum absolute atomic E-state index is 12.0. The van der Waals surface area contributed by atoms with Gasteiger partial charge in [-0.1, -0.05) is 25.4 Å². The lowest BCUT2D eigenvalue weighted by Gasteiger charge is -2.22. The third-order valence-corrected chi connectivity index (χ3v) is 2.59. The van der Waals surface area contributed by atoms with Crippen LogP contribution < -0.4 is 10.2 Å². The number of amides is 2. The van der Waals surface area contributed by atoms with Gasteiger partial charge in [-0.2, -0.15) is 0 Å². The SMILES string of the molecule is CC(C)CNC(=O)N(CC(=O)O)c1ccc(Cl)cc1. The summed E-state index contributed by atoms with van der Waals surface area (Å²) in [6.45, 7) is 4.02. The van der Waals surface area contributed by atoms with Crippen LogP contribution in [0.5, 0.6) is 0 Å². The predicted molar refractivity (Wildman–Crippen MR) is 74.7 cm³/mol. The summed E-state index contributed by atoms with van der Waals surface area (Å²) in [6, 6.07) is 6.02. The standard InChI is InChI=1S/C13H17ClN2O3/c1-9(2)7-15-13(19)16(8-12(17)18)11-5-3-10(14)4-6-11/h3-6,9H,7-8H2,1-2H3,(H,15,19)(H,17,18). The number of carbonyl (C=O) groups is 2. The van der Waals surface area contributed by atoms with Gasteiger partial charge in [-0.05, 0) is 30.2 Å². The fourth-order valence-electron chi connectivity index (χ4n) is 1.42. The minimum Gasteiger partial charge on any atom is -0.480 e. The van der Waals surface area contributed by atoms with Crippen molar-refractivity contribution in [3.63, 3.8) is 0 Å². The van der Waals surface area contributed by atoms with Crippen LogP contribution in [0.25, 0.3) is 0 Å². The van der Waals surface area contributed by atoms with E-state index in [1.54, 1.807) is 24.3 Å². The predicted octanol–water partition coefficient (Wildman–Crippen LogP) is 2.60. The summed E-state index contributed by atoms with van der Waals surface area (Å²) in [5.74, 6) is -0.782. The highest BCUT2D eigenvalue weighted by atomic mass is 35.5. The number of nitrogens with one attached hydrogen (secondary N) is 1. The maximum atomic E-state index is 12.0. The molecular formula is C13H17ClN2O3. The molecule has 0 spiro atoms. The Labute approximate surface area is 117 Å². The van der Waals surface area contributed by atoms with Crippen molar-refractivity contribution in [1.82, 2.24) is 5.32 Å². The molecule has 1 aromatic rings. The average Bonchev–Trinajstić information content (AvgIpc) is 2.34. The molecule has 0 aliphatic carbocycles. The Bertz CT molecular complexity index is 446. The number of halogens is 1. The minimum atomic E-state index is -1.07. The van der Waals surface area contributed by atoms with Gasteiger partial charge in [-0.3, -0.25) is 9.69 Å². The summed E-state index contributed by atoms with van der Waals surface area (Å²) >= 11 is 5.77. The maximum Gasteiger partial charge on any atom is 0.323 e. The van der Waals surface area contributed by atoms with E-state index in [4.69, 9.17) is 16.7 Å². The van der Waals surface area contributed by atoms with Crippen molar-refractivity contribution < 1.29 is 14.7 Å². The van der Waals surface area contributed by atoms with E-state index in [1.165, 1.54) is 4.90 Å². The van der Waals surface area contributed by atoms with Crippen molar-refractivity contribution in [2.75, 3.05) is 18.0 Å². The second-order valence-electron chi connectivity index (χ2n) is 4.54. The topological polar surface area (TPSA) is 69.6 Å². The summed E-state index contributed by atoms with van der Waals surface area (Å²) in [4.78, 5) is 24.0. The van der Waals surface area contributed by atoms with Crippen molar-refractivity contribution in [2.24, 2.45) is 5.92 Å². The smallest absolute Gasteiger partial charge is 0.323 e. The van der Waals surface area contributed by atoms with Crippen LogP contribution in [0.3, 0.4) is 0 Å². The first-order chi connectivity index (χ1) is 8.90. The van der Waals surface area contributed by atoms with Crippen LogP contribution in [-0.4, -0.2) is 30.2 Å². The molecule has 0 heterocycles. The molecule has 1 aromatic carbocycles. The highest BCUT2D eigenvalue weighted by Gasteiger charge is 2.18. The molecule has 0 fully saturated rings. The molecular weight excluding hydrogens is 268 g/mol. The van der Waals surface area contributed by atoms with E-state index in [1.807, 2.05) is 13.8 Å². The second kappa shape index (κ2) is 6.99. The molecule has 6 heteroatoms. The Morgan fingerprint density at radius 3 is 2.37 bits per heavy atom. The molecule has 0 saturated heterocycles. The van der Waals surface area contributed by atoms with Gasteiger partial charge in [-0.15, -0.1) is 0 Å². The van der Waals surface area contributed by atoms with Gasteiger partial charge in [0.25, 0.3) is 0 Å². The number of hydrogen-bond donors (Lipinski definition) is 2. The molecule has 0 bridgehead atoms. The zero-order valence-electron chi connectivity index (χ0n) is 10.9. The number of nitrogens with zero attached hydrogens (tertiary/aromatic N) is 1. The molecule has 0 atom stereocenters.